The van der Waals surface area contributed by atoms with Gasteiger partial charge in [-0.3, -0.25) is 0 Å². The Morgan fingerprint density at radius 1 is 1.23 bits per heavy atom. The maximum absolute atomic E-state index is 12.3. The molecular formula is C18H22F3NO3S. The Balaban J connectivity index is 1.46. The van der Waals surface area contributed by atoms with Crippen LogP contribution >= 0.6 is 11.8 Å². The molecule has 0 atom stereocenters. The molecule has 0 bridgehead atoms. The number of nitrogens with zero attached hydrogens (tertiary/aromatic N) is 1. The predicted molar refractivity (Wildman–Crippen MR) is 92.2 cm³/mol. The maximum atomic E-state index is 12.3. The predicted octanol–water partition coefficient (Wildman–Crippen LogP) is 5.08. The Kier molecular flexibility index (Phi) is 4.83. The lowest BCUT2D eigenvalue weighted by molar-refractivity contribution is -0.274. The molecule has 1 spiro atoms. The van der Waals surface area contributed by atoms with Crippen LogP contribution in [-0.4, -0.2) is 41.3 Å². The molecule has 1 aliphatic heterocycles. The third-order valence-corrected chi connectivity index (χ3v) is 5.56. The second kappa shape index (κ2) is 6.55. The molecule has 3 rings (SSSR count). The molecule has 26 heavy (non-hydrogen) atoms. The van der Waals surface area contributed by atoms with Gasteiger partial charge in [-0.2, -0.15) is 0 Å². The zero-order valence-electron chi connectivity index (χ0n) is 14.9. The summed E-state index contributed by atoms with van der Waals surface area (Å²) in [6.07, 6.45) is -3.07. The second-order valence-electron chi connectivity index (χ2n) is 8.01. The average molecular weight is 389 g/mol. The third kappa shape index (κ3) is 4.78. The molecule has 144 valence electrons. The fourth-order valence-corrected chi connectivity index (χ4v) is 5.00. The van der Waals surface area contributed by atoms with Crippen LogP contribution in [-0.2, 0) is 4.74 Å². The Bertz CT molecular complexity index is 673. The van der Waals surface area contributed by atoms with Crippen molar-refractivity contribution in [1.29, 1.82) is 0 Å². The standard InChI is InChI=1S/C18H22F3NO3S/c1-16(2,3)25-15(23)22-10-17(11-22)8-14(9-17)26-13-6-4-5-12(7-13)24-18(19,20)21/h4-7,14H,8-11H2,1-3H3. The lowest BCUT2D eigenvalue weighted by Gasteiger charge is -2.58. The number of benzene rings is 1. The first-order valence-corrected chi connectivity index (χ1v) is 9.32. The van der Waals surface area contributed by atoms with E-state index in [1.807, 2.05) is 20.8 Å². The number of carbonyl (C=O) groups is 1. The zero-order chi connectivity index (χ0) is 19.2. The van der Waals surface area contributed by atoms with Crippen LogP contribution < -0.4 is 4.74 Å². The minimum absolute atomic E-state index is 0.147. The Morgan fingerprint density at radius 3 is 2.46 bits per heavy atom. The van der Waals surface area contributed by atoms with Crippen LogP contribution in [0.25, 0.3) is 0 Å². The van der Waals surface area contributed by atoms with Crippen LogP contribution in [0.5, 0.6) is 5.75 Å². The summed E-state index contributed by atoms with van der Waals surface area (Å²) < 4.78 is 46.2. The fraction of sp³-hybridized carbons (Fsp3) is 0.611. The van der Waals surface area contributed by atoms with E-state index in [0.717, 1.165) is 17.7 Å². The van der Waals surface area contributed by atoms with Crippen LogP contribution in [0.15, 0.2) is 29.2 Å². The molecule has 4 nitrogen and oxygen atoms in total. The highest BCUT2D eigenvalue weighted by molar-refractivity contribution is 8.00. The summed E-state index contributed by atoms with van der Waals surface area (Å²) >= 11 is 1.56. The zero-order valence-corrected chi connectivity index (χ0v) is 15.7. The van der Waals surface area contributed by atoms with Crippen molar-refractivity contribution in [2.45, 2.75) is 55.7 Å². The lowest BCUT2D eigenvalue weighted by atomic mass is 9.63. The normalized spacial score (nSPS) is 19.7. The number of amides is 1. The third-order valence-electron chi connectivity index (χ3n) is 4.37. The molecule has 0 aromatic heterocycles. The van der Waals surface area contributed by atoms with Gasteiger partial charge in [0.2, 0.25) is 0 Å². The van der Waals surface area contributed by atoms with Gasteiger partial charge < -0.3 is 14.4 Å². The highest BCUT2D eigenvalue weighted by atomic mass is 32.2. The van der Waals surface area contributed by atoms with Crippen molar-refractivity contribution in [3.8, 4) is 5.75 Å². The van der Waals surface area contributed by atoms with Crippen LogP contribution in [0.4, 0.5) is 18.0 Å². The molecule has 1 saturated heterocycles. The Hall–Kier alpha value is -1.57. The van der Waals surface area contributed by atoms with E-state index in [0.29, 0.717) is 18.3 Å². The van der Waals surface area contributed by atoms with Crippen molar-refractivity contribution in [3.63, 3.8) is 0 Å². The summed E-state index contributed by atoms with van der Waals surface area (Å²) in [5, 5.41) is 0.344. The van der Waals surface area contributed by atoms with Gasteiger partial charge in [-0.15, -0.1) is 24.9 Å². The minimum atomic E-state index is -4.68. The van der Waals surface area contributed by atoms with Crippen molar-refractivity contribution in [1.82, 2.24) is 4.90 Å². The molecule has 1 aromatic carbocycles. The van der Waals surface area contributed by atoms with Crippen molar-refractivity contribution < 1.29 is 27.4 Å². The first-order valence-electron chi connectivity index (χ1n) is 8.44. The lowest BCUT2D eigenvalue weighted by Crippen LogP contribution is -2.64. The first-order chi connectivity index (χ1) is 11.9. The summed E-state index contributed by atoms with van der Waals surface area (Å²) in [4.78, 5) is 14.5. The topological polar surface area (TPSA) is 38.8 Å². The number of hydrogen-bond acceptors (Lipinski definition) is 4. The number of halogens is 3. The molecular weight excluding hydrogens is 367 g/mol. The summed E-state index contributed by atoms with van der Waals surface area (Å²) in [6, 6.07) is 6.06. The molecule has 1 saturated carbocycles. The summed E-state index contributed by atoms with van der Waals surface area (Å²) in [7, 11) is 0. The van der Waals surface area contributed by atoms with Gasteiger partial charge in [0.15, 0.2) is 0 Å². The number of carbonyl (C=O) groups excluding carboxylic acids is 1. The van der Waals surface area contributed by atoms with Gasteiger partial charge in [0.25, 0.3) is 0 Å². The van der Waals surface area contributed by atoms with Gasteiger partial charge in [0.1, 0.15) is 11.4 Å². The summed E-state index contributed by atoms with van der Waals surface area (Å²) in [6.45, 7) is 6.90. The van der Waals surface area contributed by atoms with Gasteiger partial charge in [0.05, 0.1) is 0 Å². The number of rotatable bonds is 3. The molecule has 0 N–H and O–H groups in total. The van der Waals surface area contributed by atoms with E-state index in [1.54, 1.807) is 28.8 Å². The number of hydrogen-bond donors (Lipinski definition) is 0. The highest BCUT2D eigenvalue weighted by Gasteiger charge is 2.54. The van der Waals surface area contributed by atoms with Gasteiger partial charge >= 0.3 is 12.5 Å². The molecule has 1 amide bonds. The van der Waals surface area contributed by atoms with Crippen molar-refractivity contribution in [2.75, 3.05) is 13.1 Å². The van der Waals surface area contributed by atoms with E-state index in [2.05, 4.69) is 4.74 Å². The van der Waals surface area contributed by atoms with E-state index in [9.17, 15) is 18.0 Å². The fourth-order valence-electron chi connectivity index (χ4n) is 3.40. The van der Waals surface area contributed by atoms with E-state index in [4.69, 9.17) is 4.74 Å². The Morgan fingerprint density at radius 2 is 1.88 bits per heavy atom. The van der Waals surface area contributed by atoms with Gasteiger partial charge in [0, 0.05) is 28.6 Å². The van der Waals surface area contributed by atoms with E-state index < -0.39 is 12.0 Å². The SMILES string of the molecule is CC(C)(C)OC(=O)N1CC2(CC(Sc3cccc(OC(F)(F)F)c3)C2)C1. The van der Waals surface area contributed by atoms with Crippen LogP contribution in [0.1, 0.15) is 33.6 Å². The molecule has 1 aromatic rings. The van der Waals surface area contributed by atoms with Gasteiger partial charge in [-0.05, 0) is 51.8 Å². The second-order valence-corrected chi connectivity index (χ2v) is 9.38. The van der Waals surface area contributed by atoms with Crippen molar-refractivity contribution in [3.05, 3.63) is 24.3 Å². The molecule has 0 unspecified atom stereocenters. The molecule has 8 heteroatoms. The minimum Gasteiger partial charge on any atom is -0.444 e. The summed E-state index contributed by atoms with van der Waals surface area (Å²) in [5.41, 5.74) is -0.351. The largest absolute Gasteiger partial charge is 0.573 e. The number of likely N-dealkylation sites (tertiary alicyclic amines) is 1. The summed E-state index contributed by atoms with van der Waals surface area (Å²) in [5.74, 6) is -0.198. The van der Waals surface area contributed by atoms with Gasteiger partial charge in [-0.25, -0.2) is 4.79 Å². The van der Waals surface area contributed by atoms with Crippen molar-refractivity contribution in [2.24, 2.45) is 5.41 Å². The number of ether oxygens (including phenoxy) is 2. The van der Waals surface area contributed by atoms with E-state index >= 15 is 0 Å². The van der Waals surface area contributed by atoms with Crippen LogP contribution in [0.2, 0.25) is 0 Å². The van der Waals surface area contributed by atoms with E-state index in [-0.39, 0.29) is 17.3 Å². The van der Waals surface area contributed by atoms with Crippen LogP contribution in [0.3, 0.4) is 0 Å². The monoisotopic (exact) mass is 389 g/mol. The van der Waals surface area contributed by atoms with Crippen molar-refractivity contribution >= 4 is 17.9 Å². The molecule has 2 fully saturated rings. The molecule has 1 aliphatic carbocycles. The van der Waals surface area contributed by atoms with Gasteiger partial charge in [-0.1, -0.05) is 6.07 Å². The number of thioether (sulfide) groups is 1. The maximum Gasteiger partial charge on any atom is 0.573 e. The van der Waals surface area contributed by atoms with Crippen LogP contribution in [0, 0.1) is 5.41 Å². The highest BCUT2D eigenvalue weighted by Crippen LogP contribution is 2.54. The Labute approximate surface area is 155 Å². The van der Waals surface area contributed by atoms with E-state index in [1.165, 1.54) is 12.1 Å². The number of alkyl halides is 3. The smallest absolute Gasteiger partial charge is 0.444 e. The average Bonchev–Trinajstić information content (AvgIpc) is 2.36. The molecule has 2 aliphatic rings. The quantitative estimate of drug-likeness (QED) is 0.723. The molecule has 1 heterocycles. The first kappa shape index (κ1) is 19.2. The molecule has 0 radical (unpaired) electrons.